The van der Waals surface area contributed by atoms with Crippen LogP contribution in [0.4, 0.5) is 0 Å². The van der Waals surface area contributed by atoms with E-state index in [-0.39, 0.29) is 0 Å². The molecule has 0 spiro atoms. The van der Waals surface area contributed by atoms with Gasteiger partial charge in [-0.3, -0.25) is 0 Å². The Balaban J connectivity index is 2.18. The van der Waals surface area contributed by atoms with Crippen LogP contribution in [0.15, 0.2) is 0 Å². The molecule has 3 unspecified atom stereocenters. The summed E-state index contributed by atoms with van der Waals surface area (Å²) in [6.45, 7) is 9.82. The van der Waals surface area contributed by atoms with Crippen LogP contribution in [0, 0.1) is 22.7 Å². The molecule has 0 aromatic heterocycles. The summed E-state index contributed by atoms with van der Waals surface area (Å²) in [7, 11) is 0. The van der Waals surface area contributed by atoms with E-state index in [1.54, 1.807) is 0 Å². The van der Waals surface area contributed by atoms with Gasteiger partial charge in [0.2, 0.25) is 0 Å². The van der Waals surface area contributed by atoms with Crippen LogP contribution in [0.2, 0.25) is 0 Å². The van der Waals surface area contributed by atoms with Crippen molar-refractivity contribution in [3.63, 3.8) is 0 Å². The van der Waals surface area contributed by atoms with Crippen molar-refractivity contribution in [1.29, 1.82) is 0 Å². The predicted molar refractivity (Wildman–Crippen MR) is 53.0 cm³/mol. The van der Waals surface area contributed by atoms with E-state index in [2.05, 4.69) is 27.7 Å². The summed E-state index contributed by atoms with van der Waals surface area (Å²) in [4.78, 5) is 0. The average Bonchev–Trinajstić information content (AvgIpc) is 1.95. The van der Waals surface area contributed by atoms with Gasteiger partial charge in [0, 0.05) is 0 Å². The zero-order valence-corrected chi connectivity index (χ0v) is 8.98. The van der Waals surface area contributed by atoms with Gasteiger partial charge in [-0.25, -0.2) is 0 Å². The van der Waals surface area contributed by atoms with Crippen LogP contribution in [-0.4, -0.2) is 0 Å². The van der Waals surface area contributed by atoms with Crippen LogP contribution < -0.4 is 0 Å². The quantitative estimate of drug-likeness (QED) is 0.555. The molecule has 0 radical (unpaired) electrons. The summed E-state index contributed by atoms with van der Waals surface area (Å²) in [5, 5.41) is 0. The fourth-order valence-electron chi connectivity index (χ4n) is 3.80. The molecule has 0 aliphatic heterocycles. The lowest BCUT2D eigenvalue weighted by Gasteiger charge is -2.64. The van der Waals surface area contributed by atoms with Crippen molar-refractivity contribution < 1.29 is 0 Å². The Morgan fingerprint density at radius 2 is 1.83 bits per heavy atom. The molecule has 3 saturated carbocycles. The Morgan fingerprint density at radius 1 is 1.17 bits per heavy atom. The molecule has 0 nitrogen and oxygen atoms in total. The first kappa shape index (κ1) is 8.59. The van der Waals surface area contributed by atoms with Gasteiger partial charge >= 0.3 is 0 Å². The average molecular weight is 166 g/mol. The van der Waals surface area contributed by atoms with Gasteiger partial charge in [-0.2, -0.15) is 0 Å². The van der Waals surface area contributed by atoms with Gasteiger partial charge in [0.25, 0.3) is 0 Å². The summed E-state index contributed by atoms with van der Waals surface area (Å²) < 4.78 is 0. The lowest BCUT2D eigenvalue weighted by atomic mass is 9.41. The van der Waals surface area contributed by atoms with E-state index in [0.717, 1.165) is 17.3 Å². The summed E-state index contributed by atoms with van der Waals surface area (Å²) in [6.07, 6.45) is 5.86. The Bertz CT molecular complexity index is 183. The maximum Gasteiger partial charge on any atom is -0.0292 e. The first-order valence-electron chi connectivity index (χ1n) is 5.49. The van der Waals surface area contributed by atoms with E-state index in [0.29, 0.717) is 5.41 Å². The Kier molecular flexibility index (Phi) is 1.63. The number of hydrogen-bond acceptors (Lipinski definition) is 0. The van der Waals surface area contributed by atoms with E-state index in [9.17, 15) is 0 Å². The van der Waals surface area contributed by atoms with Crippen LogP contribution in [0.3, 0.4) is 0 Å². The molecule has 0 amide bonds. The molecule has 12 heavy (non-hydrogen) atoms. The lowest BCUT2D eigenvalue weighted by Crippen LogP contribution is -2.56. The molecule has 0 heteroatoms. The first-order valence-corrected chi connectivity index (χ1v) is 5.49. The zero-order chi connectivity index (χ0) is 8.98. The second-order valence-corrected chi connectivity index (χ2v) is 5.97. The van der Waals surface area contributed by atoms with Crippen LogP contribution in [0.5, 0.6) is 0 Å². The fourth-order valence-corrected chi connectivity index (χ4v) is 3.80. The highest BCUT2D eigenvalue weighted by Crippen LogP contribution is 2.66. The van der Waals surface area contributed by atoms with E-state index in [4.69, 9.17) is 0 Å². The van der Waals surface area contributed by atoms with Gasteiger partial charge in [-0.15, -0.1) is 0 Å². The largest absolute Gasteiger partial charge is 0.0651 e. The molecule has 0 aromatic rings. The lowest BCUT2D eigenvalue weighted by molar-refractivity contribution is -0.149. The zero-order valence-electron chi connectivity index (χ0n) is 8.98. The molecule has 0 saturated heterocycles. The van der Waals surface area contributed by atoms with Crippen molar-refractivity contribution in [3.8, 4) is 0 Å². The van der Waals surface area contributed by atoms with Gasteiger partial charge in [-0.1, -0.05) is 34.1 Å². The SMILES string of the molecule is CCC1C2CC1(C)CCC2(C)C. The minimum absolute atomic E-state index is 0.651. The molecule has 0 heterocycles. The minimum atomic E-state index is 0.651. The first-order chi connectivity index (χ1) is 5.49. The van der Waals surface area contributed by atoms with Gasteiger partial charge in [0.1, 0.15) is 0 Å². The molecule has 3 rings (SSSR count). The Hall–Kier alpha value is 0. The normalized spacial score (nSPS) is 50.0. The Morgan fingerprint density at radius 3 is 2.25 bits per heavy atom. The fraction of sp³-hybridized carbons (Fsp3) is 1.00. The van der Waals surface area contributed by atoms with Crippen molar-refractivity contribution in [2.24, 2.45) is 22.7 Å². The van der Waals surface area contributed by atoms with Crippen molar-refractivity contribution >= 4 is 0 Å². The monoisotopic (exact) mass is 166 g/mol. The van der Waals surface area contributed by atoms with Gasteiger partial charge in [0.15, 0.2) is 0 Å². The van der Waals surface area contributed by atoms with Crippen LogP contribution in [0.25, 0.3) is 0 Å². The van der Waals surface area contributed by atoms with E-state index >= 15 is 0 Å². The standard InChI is InChI=1S/C12H22/c1-5-9-10-8-12(9,4)7-6-11(10,2)3/h9-10H,5-8H2,1-4H3. The summed E-state index contributed by atoms with van der Waals surface area (Å²) in [5.41, 5.74) is 1.40. The minimum Gasteiger partial charge on any atom is -0.0651 e. The molecule has 3 fully saturated rings. The molecule has 0 aromatic carbocycles. The molecule has 2 bridgehead atoms. The third-order valence-electron chi connectivity index (χ3n) is 4.85. The van der Waals surface area contributed by atoms with Crippen molar-refractivity contribution in [1.82, 2.24) is 0 Å². The maximum atomic E-state index is 2.51. The van der Waals surface area contributed by atoms with Gasteiger partial charge in [-0.05, 0) is 41.9 Å². The molecule has 3 aliphatic rings. The number of hydrogen-bond donors (Lipinski definition) is 0. The second kappa shape index (κ2) is 2.27. The molecule has 0 N–H and O–H groups in total. The topological polar surface area (TPSA) is 0 Å². The summed E-state index contributed by atoms with van der Waals surface area (Å²) in [6, 6.07) is 0. The third kappa shape index (κ3) is 0.900. The summed E-state index contributed by atoms with van der Waals surface area (Å²) >= 11 is 0. The highest BCUT2D eigenvalue weighted by molar-refractivity contribution is 5.07. The molecular formula is C12H22. The highest BCUT2D eigenvalue weighted by Gasteiger charge is 2.58. The van der Waals surface area contributed by atoms with E-state index < -0.39 is 0 Å². The third-order valence-corrected chi connectivity index (χ3v) is 4.85. The van der Waals surface area contributed by atoms with E-state index in [1.807, 2.05) is 0 Å². The molecule has 3 atom stereocenters. The predicted octanol–water partition coefficient (Wildman–Crippen LogP) is 3.86. The highest BCUT2D eigenvalue weighted by atomic mass is 14.6. The van der Waals surface area contributed by atoms with Crippen LogP contribution >= 0.6 is 0 Å². The molecule has 70 valence electrons. The summed E-state index contributed by atoms with van der Waals surface area (Å²) in [5.74, 6) is 2.09. The Labute approximate surface area is 76.7 Å². The van der Waals surface area contributed by atoms with Crippen molar-refractivity contribution in [3.05, 3.63) is 0 Å². The van der Waals surface area contributed by atoms with Crippen LogP contribution in [-0.2, 0) is 0 Å². The molecular weight excluding hydrogens is 144 g/mol. The molecule has 3 aliphatic carbocycles. The maximum absolute atomic E-state index is 2.51. The van der Waals surface area contributed by atoms with Crippen LogP contribution in [0.1, 0.15) is 53.4 Å². The van der Waals surface area contributed by atoms with Crippen molar-refractivity contribution in [2.45, 2.75) is 53.4 Å². The van der Waals surface area contributed by atoms with Gasteiger partial charge < -0.3 is 0 Å². The smallest absolute Gasteiger partial charge is 0.0292 e. The van der Waals surface area contributed by atoms with Gasteiger partial charge in [0.05, 0.1) is 0 Å². The second-order valence-electron chi connectivity index (χ2n) is 5.97. The van der Waals surface area contributed by atoms with Crippen molar-refractivity contribution in [2.75, 3.05) is 0 Å². The van der Waals surface area contributed by atoms with E-state index in [1.165, 1.54) is 25.7 Å². The number of fused-ring (bicyclic) bond motifs is 2. The number of rotatable bonds is 1.